The zero-order valence-electron chi connectivity index (χ0n) is 17.2. The van der Waals surface area contributed by atoms with E-state index in [9.17, 15) is 0 Å². The SMILES string of the molecule is CC.CC.CCC(C)c1cccc2c(OC)cc(OCCOC)nc12. The Morgan fingerprint density at radius 2 is 1.72 bits per heavy atom. The molecule has 4 nitrogen and oxygen atoms in total. The molecule has 0 bridgehead atoms. The molecule has 1 atom stereocenters. The number of hydrogen-bond acceptors (Lipinski definition) is 4. The molecular formula is C21H35NO3. The van der Waals surface area contributed by atoms with E-state index in [4.69, 9.17) is 14.2 Å². The molecule has 1 heterocycles. The molecule has 0 aliphatic heterocycles. The van der Waals surface area contributed by atoms with Crippen LogP contribution in [0.15, 0.2) is 24.3 Å². The number of nitrogens with zero attached hydrogens (tertiary/aromatic N) is 1. The van der Waals surface area contributed by atoms with Crippen molar-refractivity contribution < 1.29 is 14.2 Å². The highest BCUT2D eigenvalue weighted by molar-refractivity contribution is 5.88. The zero-order valence-corrected chi connectivity index (χ0v) is 17.2. The van der Waals surface area contributed by atoms with Crippen LogP contribution in [-0.2, 0) is 4.74 Å². The summed E-state index contributed by atoms with van der Waals surface area (Å²) >= 11 is 0. The summed E-state index contributed by atoms with van der Waals surface area (Å²) in [7, 11) is 3.32. The van der Waals surface area contributed by atoms with Crippen molar-refractivity contribution in [2.75, 3.05) is 27.4 Å². The summed E-state index contributed by atoms with van der Waals surface area (Å²) in [4.78, 5) is 4.67. The van der Waals surface area contributed by atoms with E-state index in [1.807, 2.05) is 39.8 Å². The summed E-state index contributed by atoms with van der Waals surface area (Å²) in [6, 6.07) is 8.05. The maximum Gasteiger partial charge on any atom is 0.217 e. The summed E-state index contributed by atoms with van der Waals surface area (Å²) < 4.78 is 16.1. The quantitative estimate of drug-likeness (QED) is 0.589. The van der Waals surface area contributed by atoms with Crippen LogP contribution >= 0.6 is 0 Å². The molecule has 0 saturated heterocycles. The fourth-order valence-corrected chi connectivity index (χ4v) is 2.31. The third-order valence-electron chi connectivity index (χ3n) is 3.71. The van der Waals surface area contributed by atoms with Gasteiger partial charge < -0.3 is 14.2 Å². The van der Waals surface area contributed by atoms with Crippen LogP contribution < -0.4 is 9.47 Å². The first-order valence-corrected chi connectivity index (χ1v) is 9.30. The molecule has 0 fully saturated rings. The van der Waals surface area contributed by atoms with Gasteiger partial charge in [0.25, 0.3) is 0 Å². The molecule has 0 saturated carbocycles. The van der Waals surface area contributed by atoms with Gasteiger partial charge in [-0.1, -0.05) is 53.7 Å². The maximum atomic E-state index is 5.65. The first kappa shape index (κ1) is 23.2. The smallest absolute Gasteiger partial charge is 0.217 e. The molecule has 1 aromatic heterocycles. The van der Waals surface area contributed by atoms with Crippen molar-refractivity contribution in [3.63, 3.8) is 0 Å². The van der Waals surface area contributed by atoms with Crippen molar-refractivity contribution in [1.82, 2.24) is 4.98 Å². The number of pyridine rings is 1. The zero-order chi connectivity index (χ0) is 19.2. The fourth-order valence-electron chi connectivity index (χ4n) is 2.31. The molecule has 4 heteroatoms. The van der Waals surface area contributed by atoms with E-state index in [2.05, 4.69) is 31.0 Å². The largest absolute Gasteiger partial charge is 0.496 e. The van der Waals surface area contributed by atoms with Gasteiger partial charge in [0.05, 0.1) is 19.2 Å². The lowest BCUT2D eigenvalue weighted by Crippen LogP contribution is -2.06. The van der Waals surface area contributed by atoms with Crippen LogP contribution in [0.4, 0.5) is 0 Å². The van der Waals surface area contributed by atoms with Gasteiger partial charge in [0, 0.05) is 18.6 Å². The van der Waals surface area contributed by atoms with Crippen molar-refractivity contribution >= 4 is 10.9 Å². The van der Waals surface area contributed by atoms with Crippen molar-refractivity contribution in [2.45, 2.75) is 53.9 Å². The number of rotatable bonds is 7. The van der Waals surface area contributed by atoms with E-state index >= 15 is 0 Å². The van der Waals surface area contributed by atoms with E-state index in [-0.39, 0.29) is 0 Å². The monoisotopic (exact) mass is 349 g/mol. The second-order valence-electron chi connectivity index (χ2n) is 5.06. The van der Waals surface area contributed by atoms with Gasteiger partial charge in [0.1, 0.15) is 12.4 Å². The van der Waals surface area contributed by atoms with Crippen LogP contribution in [-0.4, -0.2) is 32.4 Å². The normalized spacial score (nSPS) is 10.9. The number of benzene rings is 1. The van der Waals surface area contributed by atoms with E-state index in [1.54, 1.807) is 14.2 Å². The van der Waals surface area contributed by atoms with Crippen LogP contribution in [0, 0.1) is 0 Å². The Morgan fingerprint density at radius 1 is 1.04 bits per heavy atom. The highest BCUT2D eigenvalue weighted by Gasteiger charge is 2.13. The van der Waals surface area contributed by atoms with Gasteiger partial charge in [-0.05, 0) is 24.0 Å². The van der Waals surface area contributed by atoms with Gasteiger partial charge in [0.15, 0.2) is 0 Å². The topological polar surface area (TPSA) is 40.6 Å². The van der Waals surface area contributed by atoms with Gasteiger partial charge in [0.2, 0.25) is 5.88 Å². The molecule has 1 unspecified atom stereocenters. The van der Waals surface area contributed by atoms with Crippen molar-refractivity contribution in [3.8, 4) is 11.6 Å². The highest BCUT2D eigenvalue weighted by Crippen LogP contribution is 2.33. The maximum absolute atomic E-state index is 5.65. The van der Waals surface area contributed by atoms with Gasteiger partial charge >= 0.3 is 0 Å². The van der Waals surface area contributed by atoms with Gasteiger partial charge in [-0.25, -0.2) is 4.98 Å². The summed E-state index contributed by atoms with van der Waals surface area (Å²) in [5, 5.41) is 1.02. The molecular weight excluding hydrogens is 314 g/mol. The number of methoxy groups -OCH3 is 2. The van der Waals surface area contributed by atoms with Gasteiger partial charge in [-0.2, -0.15) is 0 Å². The third-order valence-corrected chi connectivity index (χ3v) is 3.71. The van der Waals surface area contributed by atoms with Crippen LogP contribution in [0.1, 0.15) is 59.4 Å². The van der Waals surface area contributed by atoms with Crippen molar-refractivity contribution in [2.24, 2.45) is 0 Å². The summed E-state index contributed by atoms with van der Waals surface area (Å²) in [5.41, 5.74) is 2.18. The number of aromatic nitrogens is 1. The number of ether oxygens (including phenoxy) is 3. The minimum atomic E-state index is 0.445. The average molecular weight is 350 g/mol. The Kier molecular flexibility index (Phi) is 12.5. The average Bonchev–Trinajstić information content (AvgIpc) is 2.69. The standard InChI is InChI=1S/C17H23NO3.2C2H6/c1-5-12(2)13-7-6-8-14-15(20-4)11-16(18-17(13)14)21-10-9-19-3;2*1-2/h6-8,11-12H,5,9-10H2,1-4H3;2*1-2H3. The third kappa shape index (κ3) is 6.54. The van der Waals surface area contributed by atoms with Crippen molar-refractivity contribution in [1.29, 1.82) is 0 Å². The Balaban J connectivity index is 0.00000134. The molecule has 0 spiro atoms. The lowest BCUT2D eigenvalue weighted by Gasteiger charge is -2.15. The van der Waals surface area contributed by atoms with Crippen molar-refractivity contribution in [3.05, 3.63) is 29.8 Å². The van der Waals surface area contributed by atoms with E-state index in [0.717, 1.165) is 23.1 Å². The molecule has 0 N–H and O–H groups in total. The number of fused-ring (bicyclic) bond motifs is 1. The summed E-state index contributed by atoms with van der Waals surface area (Å²) in [6.45, 7) is 13.4. The molecule has 2 rings (SSSR count). The summed E-state index contributed by atoms with van der Waals surface area (Å²) in [6.07, 6.45) is 1.07. The Bertz CT molecular complexity index is 599. The molecule has 0 aliphatic rings. The lowest BCUT2D eigenvalue weighted by molar-refractivity contribution is 0.144. The fraction of sp³-hybridized carbons (Fsp3) is 0.571. The minimum absolute atomic E-state index is 0.445. The Hall–Kier alpha value is -1.81. The molecule has 0 amide bonds. The number of para-hydroxylation sites is 1. The Morgan fingerprint density at radius 3 is 2.28 bits per heavy atom. The second-order valence-corrected chi connectivity index (χ2v) is 5.06. The highest BCUT2D eigenvalue weighted by atomic mass is 16.5. The predicted octanol–water partition coefficient (Wildman–Crippen LogP) is 5.83. The molecule has 2 aromatic rings. The van der Waals surface area contributed by atoms with Gasteiger partial charge in [-0.3, -0.25) is 0 Å². The Labute approximate surface area is 153 Å². The predicted molar refractivity (Wildman–Crippen MR) is 107 cm³/mol. The summed E-state index contributed by atoms with van der Waals surface area (Å²) in [5.74, 6) is 1.81. The van der Waals surface area contributed by atoms with Gasteiger partial charge in [-0.15, -0.1) is 0 Å². The lowest BCUT2D eigenvalue weighted by atomic mass is 9.96. The number of hydrogen-bond donors (Lipinski definition) is 0. The molecule has 0 aliphatic carbocycles. The molecule has 0 radical (unpaired) electrons. The second kappa shape index (κ2) is 13.5. The van der Waals surface area contributed by atoms with E-state index < -0.39 is 0 Å². The minimum Gasteiger partial charge on any atom is -0.496 e. The van der Waals surface area contributed by atoms with E-state index in [1.165, 1.54) is 5.56 Å². The first-order valence-electron chi connectivity index (χ1n) is 9.30. The molecule has 1 aromatic carbocycles. The molecule has 25 heavy (non-hydrogen) atoms. The van der Waals surface area contributed by atoms with Crippen LogP contribution in [0.5, 0.6) is 11.6 Å². The van der Waals surface area contributed by atoms with Crippen LogP contribution in [0.25, 0.3) is 10.9 Å². The van der Waals surface area contributed by atoms with Crippen LogP contribution in [0.3, 0.4) is 0 Å². The molecule has 142 valence electrons. The first-order chi connectivity index (χ1) is 12.2. The van der Waals surface area contributed by atoms with Crippen LogP contribution in [0.2, 0.25) is 0 Å². The van der Waals surface area contributed by atoms with E-state index in [0.29, 0.717) is 25.0 Å².